The first kappa shape index (κ1) is 62.4. The van der Waals surface area contributed by atoms with Crippen molar-refractivity contribution in [2.45, 2.75) is 44.0 Å². The highest BCUT2D eigenvalue weighted by atomic mass is 79.9. The van der Waals surface area contributed by atoms with Crippen LogP contribution in [0.2, 0.25) is 0 Å². The van der Waals surface area contributed by atoms with Gasteiger partial charge < -0.3 is 30.5 Å². The fourth-order valence-corrected chi connectivity index (χ4v) is 6.07. The molecule has 3 atom stereocenters. The van der Waals surface area contributed by atoms with Gasteiger partial charge in [0.15, 0.2) is 59.0 Å². The van der Waals surface area contributed by atoms with Gasteiger partial charge in [0, 0.05) is 23.8 Å². The number of esters is 1. The summed E-state index contributed by atoms with van der Waals surface area (Å²) in [7, 11) is 0. The summed E-state index contributed by atoms with van der Waals surface area (Å²) in [6, 6.07) is 15.3. The van der Waals surface area contributed by atoms with E-state index in [1.165, 1.54) is 12.1 Å². The summed E-state index contributed by atoms with van der Waals surface area (Å²) >= 11 is 2.70. The highest BCUT2D eigenvalue weighted by Crippen LogP contribution is 2.21. The number of hydrogen-bond donors (Lipinski definition) is 5. The van der Waals surface area contributed by atoms with Crippen molar-refractivity contribution in [3.63, 3.8) is 0 Å². The molecule has 0 unspecified atom stereocenters. The standard InChI is InChI=1S/C18H14F3NO4.C13H13NO6.C10H8F3NO3.C6H2BrF3.ClH/c19-12-7-14(21)13(20)6-11(12)18(26)15(8-17(24)25)22-9-16(23)10-4-2-1-3-5-10;15-11(16)6-10-12(17)20-8-14(10)13(18)19-7-9-4-2-1-3-5-9;11-5-2-7(13)6(12)1-4(5)10(17)8(14)3-9(15)16;7-3-1-5(9)6(10)2-4(3)8;/h1-7,15,22H,8-9H2,(H,24,25);1-5,10H,6-8H2,(H,15,16);1-2,8H,3,14H2,(H,15,16);1-2H;1H/t15-;10-;8-;;/m000../s1. The number of carbonyl (C=O) groups is 8. The molecular weight excluding hydrogens is 1100 g/mol. The monoisotopic (exact) mass is 1140 g/mol. The number of ether oxygens (including phenoxy) is 2. The van der Waals surface area contributed by atoms with Gasteiger partial charge in [-0.05, 0) is 39.7 Å². The van der Waals surface area contributed by atoms with Crippen LogP contribution in [-0.4, -0.2) is 98.9 Å². The number of nitrogens with two attached hydrogens (primary N) is 1. The van der Waals surface area contributed by atoms with Gasteiger partial charge in [-0.3, -0.25) is 39.0 Å². The second kappa shape index (κ2) is 29.7. The number of ketones is 3. The molecule has 1 aliphatic rings. The van der Waals surface area contributed by atoms with Crippen molar-refractivity contribution in [1.29, 1.82) is 0 Å². The minimum atomic E-state index is -1.51. The van der Waals surface area contributed by atoms with Crippen LogP contribution in [0.3, 0.4) is 0 Å². The summed E-state index contributed by atoms with van der Waals surface area (Å²) in [6.45, 7) is -0.631. The summed E-state index contributed by atoms with van der Waals surface area (Å²) in [5.74, 6) is -18.7. The van der Waals surface area contributed by atoms with Crippen molar-refractivity contribution in [3.8, 4) is 0 Å². The van der Waals surface area contributed by atoms with Crippen molar-refractivity contribution in [2.24, 2.45) is 5.73 Å². The van der Waals surface area contributed by atoms with Crippen molar-refractivity contribution in [3.05, 3.63) is 176 Å². The van der Waals surface area contributed by atoms with Crippen LogP contribution >= 0.6 is 28.3 Å². The fourth-order valence-electron chi connectivity index (χ4n) is 5.75. The molecule has 27 heteroatoms. The lowest BCUT2D eigenvalue weighted by molar-refractivity contribution is -0.144. The van der Waals surface area contributed by atoms with Crippen LogP contribution in [-0.2, 0) is 35.3 Å². The Morgan fingerprint density at radius 2 is 1.11 bits per heavy atom. The van der Waals surface area contributed by atoms with Crippen LogP contribution < -0.4 is 11.1 Å². The summed E-state index contributed by atoms with van der Waals surface area (Å²) in [6.07, 6.45) is -2.76. The Labute approximate surface area is 426 Å². The van der Waals surface area contributed by atoms with Crippen LogP contribution in [0.25, 0.3) is 0 Å². The molecule has 0 radical (unpaired) electrons. The predicted octanol–water partition coefficient (Wildman–Crippen LogP) is 7.96. The Kier molecular flexibility index (Phi) is 25.1. The van der Waals surface area contributed by atoms with E-state index in [0.717, 1.165) is 16.5 Å². The molecule has 6 rings (SSSR count). The Morgan fingerprint density at radius 1 is 0.649 bits per heavy atom. The van der Waals surface area contributed by atoms with Crippen molar-refractivity contribution in [1.82, 2.24) is 10.2 Å². The normalized spacial score (nSPS) is 13.1. The number of Topliss-reactive ketones (excluding diaryl/α,β-unsaturated/α-hetero) is 3. The number of carboxylic acids is 3. The summed E-state index contributed by atoms with van der Waals surface area (Å²) < 4.78 is 125. The largest absolute Gasteiger partial charge is 0.481 e. The van der Waals surface area contributed by atoms with E-state index in [1.807, 2.05) is 6.07 Å². The smallest absolute Gasteiger partial charge is 0.413 e. The van der Waals surface area contributed by atoms with Crippen LogP contribution in [0, 0.1) is 52.4 Å². The number of halogens is 11. The second-order valence-corrected chi connectivity index (χ2v) is 15.5. The van der Waals surface area contributed by atoms with Crippen molar-refractivity contribution in [2.75, 3.05) is 13.3 Å². The van der Waals surface area contributed by atoms with Gasteiger partial charge in [-0.15, -0.1) is 12.4 Å². The average molecular weight is 1140 g/mol. The number of cyclic esters (lactones) is 1. The zero-order chi connectivity index (χ0) is 54.7. The lowest BCUT2D eigenvalue weighted by atomic mass is 10.00. The molecule has 396 valence electrons. The number of nitrogens with one attached hydrogen (secondary N) is 1. The van der Waals surface area contributed by atoms with E-state index in [0.29, 0.717) is 23.8 Å². The van der Waals surface area contributed by atoms with Crippen molar-refractivity contribution >= 4 is 75.7 Å². The highest BCUT2D eigenvalue weighted by molar-refractivity contribution is 9.10. The van der Waals surface area contributed by atoms with E-state index in [1.54, 1.807) is 42.5 Å². The lowest BCUT2D eigenvalue weighted by Crippen LogP contribution is -2.41. The van der Waals surface area contributed by atoms with Gasteiger partial charge in [0.1, 0.15) is 30.1 Å². The van der Waals surface area contributed by atoms with Gasteiger partial charge in [-0.25, -0.2) is 49.1 Å². The van der Waals surface area contributed by atoms with Gasteiger partial charge >= 0.3 is 30.0 Å². The fraction of sp³-hybridized carbons (Fsp3) is 0.191. The maximum atomic E-state index is 13.8. The quantitative estimate of drug-likeness (QED) is 0.0272. The molecule has 1 heterocycles. The summed E-state index contributed by atoms with van der Waals surface area (Å²) in [5.41, 5.74) is 4.76. The van der Waals surface area contributed by atoms with Gasteiger partial charge in [-0.2, -0.15) is 0 Å². The van der Waals surface area contributed by atoms with Crippen LogP contribution in [0.1, 0.15) is 55.9 Å². The third-order valence-electron chi connectivity index (χ3n) is 9.35. The number of hydrogen-bond acceptors (Lipinski definition) is 12. The second-order valence-electron chi connectivity index (χ2n) is 14.6. The number of carboxylic acid groups (broad SMARTS) is 3. The van der Waals surface area contributed by atoms with Gasteiger partial charge in [0.2, 0.25) is 0 Å². The molecule has 1 fully saturated rings. The van der Waals surface area contributed by atoms with E-state index in [4.69, 9.17) is 25.8 Å². The molecule has 5 aromatic carbocycles. The van der Waals surface area contributed by atoms with E-state index in [9.17, 15) is 77.9 Å². The number of rotatable bonds is 16. The number of benzene rings is 5. The van der Waals surface area contributed by atoms with Gasteiger partial charge in [0.05, 0.1) is 53.5 Å². The zero-order valence-corrected chi connectivity index (χ0v) is 39.8. The summed E-state index contributed by atoms with van der Waals surface area (Å²) in [5, 5.41) is 28.5. The molecule has 16 nitrogen and oxygen atoms in total. The lowest BCUT2D eigenvalue weighted by Gasteiger charge is -2.18. The number of carbonyl (C=O) groups excluding carboxylic acids is 5. The maximum Gasteiger partial charge on any atom is 0.413 e. The minimum Gasteiger partial charge on any atom is -0.481 e. The third kappa shape index (κ3) is 19.4. The van der Waals surface area contributed by atoms with E-state index in [-0.39, 0.29) is 48.9 Å². The Morgan fingerprint density at radius 3 is 1.59 bits per heavy atom. The first-order valence-electron chi connectivity index (χ1n) is 20.3. The van der Waals surface area contributed by atoms with E-state index in [2.05, 4.69) is 26.0 Å². The van der Waals surface area contributed by atoms with Crippen LogP contribution in [0.5, 0.6) is 0 Å². The number of amides is 1. The molecule has 0 saturated carbocycles. The molecule has 74 heavy (non-hydrogen) atoms. The van der Waals surface area contributed by atoms with Gasteiger partial charge in [-0.1, -0.05) is 60.7 Å². The molecule has 1 aliphatic heterocycles. The van der Waals surface area contributed by atoms with Gasteiger partial charge in [0.25, 0.3) is 0 Å². The molecule has 0 spiro atoms. The third-order valence-corrected chi connectivity index (χ3v) is 9.95. The molecule has 5 aromatic rings. The summed E-state index contributed by atoms with van der Waals surface area (Å²) in [4.78, 5) is 91.9. The SMILES string of the molecule is Cl.Fc1cc(F)c(Br)cc1F.N[C@@H](CC(=O)O)C(=O)c1cc(F)c(F)cc1F.O=C(O)C[C@H](NCC(=O)c1ccccc1)C(=O)c1cc(F)c(F)cc1F.O=C(O)C[C@H]1C(=O)OCN1C(=O)OCc1ccccc1. The first-order valence-corrected chi connectivity index (χ1v) is 21.1. The number of nitrogens with zero attached hydrogens (tertiary/aromatic N) is 1. The zero-order valence-electron chi connectivity index (χ0n) is 37.3. The average Bonchev–Trinajstić information content (AvgIpc) is 3.70. The van der Waals surface area contributed by atoms with E-state index >= 15 is 0 Å². The van der Waals surface area contributed by atoms with E-state index < -0.39 is 148 Å². The van der Waals surface area contributed by atoms with Crippen LogP contribution in [0.15, 0.2) is 102 Å². The topological polar surface area (TPSA) is 257 Å². The Balaban J connectivity index is 0.000000351. The molecule has 6 N–H and O–H groups in total. The molecule has 1 saturated heterocycles. The predicted molar refractivity (Wildman–Crippen MR) is 243 cm³/mol. The molecule has 1 amide bonds. The minimum absolute atomic E-state index is 0. The molecular formula is C47H38BrClF9N3O13. The molecule has 0 aliphatic carbocycles. The Hall–Kier alpha value is -7.68. The van der Waals surface area contributed by atoms with Crippen LogP contribution in [0.4, 0.5) is 44.3 Å². The van der Waals surface area contributed by atoms with Crippen molar-refractivity contribution < 1.29 is 103 Å². The Bertz CT molecular complexity index is 2790. The highest BCUT2D eigenvalue weighted by Gasteiger charge is 2.40. The maximum absolute atomic E-state index is 13.8. The number of aliphatic carboxylic acids is 3. The molecule has 0 bridgehead atoms. The first-order chi connectivity index (χ1) is 34.3. The molecule has 0 aromatic heterocycles.